The molecule has 0 aliphatic carbocycles. The molecule has 148 valence electrons. The highest BCUT2D eigenvalue weighted by Gasteiger charge is 2.26. The zero-order valence-corrected chi connectivity index (χ0v) is 16.4. The fraction of sp³-hybridized carbons (Fsp3) is 0.429. The molecule has 1 aromatic heterocycles. The number of likely N-dealkylation sites (tertiary alicyclic amines) is 1. The molecule has 2 heterocycles. The Morgan fingerprint density at radius 2 is 1.93 bits per heavy atom. The average molecular weight is 382 g/mol. The van der Waals surface area contributed by atoms with Crippen LogP contribution >= 0.6 is 0 Å². The first kappa shape index (κ1) is 19.8. The maximum Gasteiger partial charge on any atom is 0.340 e. The number of anilines is 2. The Kier molecular flexibility index (Phi) is 6.57. The van der Waals surface area contributed by atoms with Gasteiger partial charge in [0.25, 0.3) is 5.91 Å². The van der Waals surface area contributed by atoms with E-state index in [2.05, 4.69) is 22.2 Å². The van der Waals surface area contributed by atoms with Gasteiger partial charge in [0.05, 0.1) is 23.4 Å². The fourth-order valence-corrected chi connectivity index (χ4v) is 3.46. The molecule has 1 aliphatic heterocycles. The van der Waals surface area contributed by atoms with E-state index in [0.29, 0.717) is 29.4 Å². The van der Waals surface area contributed by atoms with Gasteiger partial charge in [-0.15, -0.1) is 0 Å². The Labute approximate surface area is 165 Å². The van der Waals surface area contributed by atoms with Crippen molar-refractivity contribution in [3.63, 3.8) is 0 Å². The van der Waals surface area contributed by atoms with Gasteiger partial charge in [0.1, 0.15) is 0 Å². The van der Waals surface area contributed by atoms with Gasteiger partial charge in [-0.2, -0.15) is 0 Å². The molecule has 1 atom stereocenters. The van der Waals surface area contributed by atoms with Crippen molar-refractivity contribution in [1.82, 2.24) is 14.9 Å². The molecule has 0 bridgehead atoms. The lowest BCUT2D eigenvalue weighted by atomic mass is 9.99. The summed E-state index contributed by atoms with van der Waals surface area (Å²) >= 11 is 0. The zero-order chi connectivity index (χ0) is 19.9. The van der Waals surface area contributed by atoms with Gasteiger partial charge in [-0.1, -0.05) is 19.1 Å². The second-order valence-corrected chi connectivity index (χ2v) is 6.74. The highest BCUT2D eigenvalue weighted by molar-refractivity contribution is 5.96. The lowest BCUT2D eigenvalue weighted by Gasteiger charge is -2.35. The number of carbonyl (C=O) groups is 2. The van der Waals surface area contributed by atoms with E-state index in [9.17, 15) is 9.59 Å². The largest absolute Gasteiger partial charge is 0.462 e. The minimum atomic E-state index is -0.409. The SMILES string of the molecule is CCOC(=O)c1ccccc1Nc1ncc(C(=O)N2CCCCC2CC)cn1. The minimum absolute atomic E-state index is 0.0231. The Hall–Kier alpha value is -2.96. The van der Waals surface area contributed by atoms with E-state index in [1.807, 2.05) is 11.0 Å². The highest BCUT2D eigenvalue weighted by atomic mass is 16.5. The molecular formula is C21H26N4O3. The van der Waals surface area contributed by atoms with E-state index in [1.165, 1.54) is 18.8 Å². The summed E-state index contributed by atoms with van der Waals surface area (Å²) < 4.78 is 5.07. The molecule has 0 spiro atoms. The Balaban J connectivity index is 1.73. The van der Waals surface area contributed by atoms with Gasteiger partial charge in [0.15, 0.2) is 0 Å². The molecule has 1 aromatic carbocycles. The standard InChI is InChI=1S/C21H26N4O3/c1-3-16-9-7-8-12-25(16)19(26)15-13-22-21(23-14-15)24-18-11-6-5-10-17(18)20(27)28-4-2/h5-6,10-11,13-14,16H,3-4,7-9,12H2,1-2H3,(H,22,23,24). The predicted molar refractivity (Wildman–Crippen MR) is 107 cm³/mol. The molecule has 28 heavy (non-hydrogen) atoms. The summed E-state index contributed by atoms with van der Waals surface area (Å²) in [5, 5.41) is 3.03. The number of nitrogens with zero attached hydrogens (tertiary/aromatic N) is 3. The van der Waals surface area contributed by atoms with Crippen LogP contribution in [0, 0.1) is 0 Å². The number of amides is 1. The molecule has 7 heteroatoms. The maximum atomic E-state index is 12.8. The van der Waals surface area contributed by atoms with Gasteiger partial charge in [-0.05, 0) is 44.7 Å². The van der Waals surface area contributed by atoms with Crippen molar-refractivity contribution in [2.24, 2.45) is 0 Å². The van der Waals surface area contributed by atoms with Gasteiger partial charge in [0.2, 0.25) is 5.95 Å². The maximum absolute atomic E-state index is 12.8. The smallest absolute Gasteiger partial charge is 0.340 e. The quantitative estimate of drug-likeness (QED) is 0.765. The van der Waals surface area contributed by atoms with Crippen LogP contribution in [0.1, 0.15) is 60.2 Å². The number of aromatic nitrogens is 2. The number of hydrogen-bond donors (Lipinski definition) is 1. The molecule has 1 fully saturated rings. The first-order chi connectivity index (χ1) is 13.6. The van der Waals surface area contributed by atoms with Crippen LogP contribution in [0.2, 0.25) is 0 Å². The first-order valence-corrected chi connectivity index (χ1v) is 9.80. The predicted octanol–water partition coefficient (Wildman–Crippen LogP) is 3.80. The lowest BCUT2D eigenvalue weighted by Crippen LogP contribution is -2.43. The van der Waals surface area contributed by atoms with Crippen LogP contribution in [0.3, 0.4) is 0 Å². The van der Waals surface area contributed by atoms with E-state index in [1.54, 1.807) is 25.1 Å². The summed E-state index contributed by atoms with van der Waals surface area (Å²) in [4.78, 5) is 35.4. The van der Waals surface area contributed by atoms with Crippen molar-refractivity contribution in [1.29, 1.82) is 0 Å². The van der Waals surface area contributed by atoms with Crippen molar-refractivity contribution < 1.29 is 14.3 Å². The zero-order valence-electron chi connectivity index (χ0n) is 16.4. The Morgan fingerprint density at radius 3 is 2.64 bits per heavy atom. The number of para-hydroxylation sites is 1. The topological polar surface area (TPSA) is 84.4 Å². The fourth-order valence-electron chi connectivity index (χ4n) is 3.46. The van der Waals surface area contributed by atoms with Crippen molar-refractivity contribution in [2.75, 3.05) is 18.5 Å². The molecule has 7 nitrogen and oxygen atoms in total. The second-order valence-electron chi connectivity index (χ2n) is 6.74. The number of carbonyl (C=O) groups excluding carboxylic acids is 2. The first-order valence-electron chi connectivity index (χ1n) is 9.80. The van der Waals surface area contributed by atoms with Crippen LogP contribution in [0.15, 0.2) is 36.7 Å². The van der Waals surface area contributed by atoms with E-state index in [-0.39, 0.29) is 11.9 Å². The van der Waals surface area contributed by atoms with Crippen LogP contribution in [-0.4, -0.2) is 45.9 Å². The highest BCUT2D eigenvalue weighted by Crippen LogP contribution is 2.22. The Morgan fingerprint density at radius 1 is 1.18 bits per heavy atom. The van der Waals surface area contributed by atoms with Crippen LogP contribution in [0.4, 0.5) is 11.6 Å². The summed E-state index contributed by atoms with van der Waals surface area (Å²) in [6, 6.07) is 7.30. The monoisotopic (exact) mass is 382 g/mol. The van der Waals surface area contributed by atoms with Crippen molar-refractivity contribution >= 4 is 23.5 Å². The van der Waals surface area contributed by atoms with Gasteiger partial charge in [0, 0.05) is 25.0 Å². The Bertz CT molecular complexity index is 823. The number of rotatable bonds is 6. The summed E-state index contributed by atoms with van der Waals surface area (Å²) in [6.45, 7) is 4.96. The third kappa shape index (κ3) is 4.47. The van der Waals surface area contributed by atoms with E-state index < -0.39 is 5.97 Å². The van der Waals surface area contributed by atoms with Crippen LogP contribution in [-0.2, 0) is 4.74 Å². The number of piperidine rings is 1. The van der Waals surface area contributed by atoms with E-state index in [4.69, 9.17) is 4.74 Å². The van der Waals surface area contributed by atoms with Gasteiger partial charge in [-0.25, -0.2) is 14.8 Å². The number of hydrogen-bond acceptors (Lipinski definition) is 6. The minimum Gasteiger partial charge on any atom is -0.462 e. The van der Waals surface area contributed by atoms with E-state index >= 15 is 0 Å². The van der Waals surface area contributed by atoms with Crippen LogP contribution in [0.25, 0.3) is 0 Å². The number of nitrogens with one attached hydrogen (secondary N) is 1. The van der Waals surface area contributed by atoms with E-state index in [0.717, 1.165) is 25.8 Å². The number of esters is 1. The van der Waals surface area contributed by atoms with Crippen LogP contribution < -0.4 is 5.32 Å². The molecule has 1 unspecified atom stereocenters. The molecule has 1 aliphatic rings. The number of ether oxygens (including phenoxy) is 1. The van der Waals surface area contributed by atoms with Gasteiger partial charge in [-0.3, -0.25) is 4.79 Å². The van der Waals surface area contributed by atoms with Gasteiger partial charge < -0.3 is 15.0 Å². The molecule has 0 saturated carbocycles. The normalized spacial score (nSPS) is 16.5. The molecule has 1 amide bonds. The molecular weight excluding hydrogens is 356 g/mol. The molecule has 3 rings (SSSR count). The van der Waals surface area contributed by atoms with Crippen molar-refractivity contribution in [3.8, 4) is 0 Å². The van der Waals surface area contributed by atoms with Crippen molar-refractivity contribution in [2.45, 2.75) is 45.6 Å². The average Bonchev–Trinajstić information content (AvgIpc) is 2.74. The third-order valence-corrected chi connectivity index (χ3v) is 4.93. The molecule has 1 saturated heterocycles. The third-order valence-electron chi connectivity index (χ3n) is 4.93. The summed E-state index contributed by atoms with van der Waals surface area (Å²) in [5.74, 6) is -0.114. The van der Waals surface area contributed by atoms with Crippen LogP contribution in [0.5, 0.6) is 0 Å². The summed E-state index contributed by atoms with van der Waals surface area (Å²) in [6.07, 6.45) is 7.27. The summed E-state index contributed by atoms with van der Waals surface area (Å²) in [7, 11) is 0. The molecule has 1 N–H and O–H groups in total. The molecule has 0 radical (unpaired) electrons. The van der Waals surface area contributed by atoms with Crippen molar-refractivity contribution in [3.05, 3.63) is 47.8 Å². The summed E-state index contributed by atoms with van der Waals surface area (Å²) in [5.41, 5.74) is 1.44. The second kappa shape index (κ2) is 9.30. The molecule has 2 aromatic rings. The lowest BCUT2D eigenvalue weighted by molar-refractivity contribution is 0.0526. The number of benzene rings is 1. The van der Waals surface area contributed by atoms with Gasteiger partial charge >= 0.3 is 5.97 Å².